The molecule has 0 bridgehead atoms. The van der Waals surface area contributed by atoms with Crippen LogP contribution < -0.4 is 0 Å². The van der Waals surface area contributed by atoms with Crippen LogP contribution in [-0.2, 0) is 16.6 Å². The molecule has 0 aliphatic heterocycles. The van der Waals surface area contributed by atoms with E-state index in [4.69, 9.17) is 4.42 Å². The van der Waals surface area contributed by atoms with E-state index in [9.17, 15) is 13.2 Å². The number of ketones is 1. The lowest BCUT2D eigenvalue weighted by atomic mass is 10.2. The molecule has 1 aromatic carbocycles. The average Bonchev–Trinajstić information content (AvgIpc) is 3.20. The third-order valence-corrected chi connectivity index (χ3v) is 5.63. The van der Waals surface area contributed by atoms with Gasteiger partial charge in [-0.05, 0) is 44.0 Å². The molecule has 1 aliphatic rings. The summed E-state index contributed by atoms with van der Waals surface area (Å²) in [6.45, 7) is 1.69. The van der Waals surface area contributed by atoms with Crippen LogP contribution in [0.4, 0.5) is 0 Å². The fourth-order valence-electron chi connectivity index (χ4n) is 2.33. The van der Waals surface area contributed by atoms with Crippen LogP contribution in [0.25, 0.3) is 0 Å². The molecule has 1 aromatic heterocycles. The fourth-order valence-corrected chi connectivity index (χ4v) is 3.98. The molecule has 0 amide bonds. The van der Waals surface area contributed by atoms with E-state index in [1.165, 1.54) is 29.6 Å². The van der Waals surface area contributed by atoms with Gasteiger partial charge in [-0.2, -0.15) is 4.31 Å². The van der Waals surface area contributed by atoms with Crippen molar-refractivity contribution in [2.24, 2.45) is 0 Å². The smallest absolute Gasteiger partial charge is 0.243 e. The predicted molar refractivity (Wildman–Crippen MR) is 80.9 cm³/mol. The second-order valence-electron chi connectivity index (χ2n) is 5.44. The Bertz CT molecular complexity index is 759. The van der Waals surface area contributed by atoms with Crippen molar-refractivity contribution in [3.63, 3.8) is 0 Å². The number of rotatable bonds is 6. The van der Waals surface area contributed by atoms with Gasteiger partial charge in [0.15, 0.2) is 5.78 Å². The molecule has 22 heavy (non-hydrogen) atoms. The third kappa shape index (κ3) is 2.98. The largest absolute Gasteiger partial charge is 0.468 e. The number of Topliss-reactive ketones (excluding diaryl/α,β-unsaturated/α-hetero) is 1. The quantitative estimate of drug-likeness (QED) is 0.768. The van der Waals surface area contributed by atoms with E-state index in [2.05, 4.69) is 0 Å². The molecule has 3 rings (SSSR count). The summed E-state index contributed by atoms with van der Waals surface area (Å²) in [4.78, 5) is 11.5. The minimum absolute atomic E-state index is 0.0302. The summed E-state index contributed by atoms with van der Waals surface area (Å²) in [7, 11) is -3.59. The lowest BCUT2D eigenvalue weighted by molar-refractivity contribution is 0.101. The molecule has 1 fully saturated rings. The van der Waals surface area contributed by atoms with Gasteiger partial charge in [0.05, 0.1) is 17.7 Å². The molecule has 116 valence electrons. The molecule has 0 atom stereocenters. The highest BCUT2D eigenvalue weighted by Crippen LogP contribution is 2.33. The molecule has 0 radical (unpaired) electrons. The van der Waals surface area contributed by atoms with Crippen molar-refractivity contribution in [1.82, 2.24) is 4.31 Å². The molecule has 0 saturated heterocycles. The second-order valence-corrected chi connectivity index (χ2v) is 7.33. The van der Waals surface area contributed by atoms with E-state index in [0.29, 0.717) is 11.3 Å². The SMILES string of the molecule is CC(=O)c1ccc(S(=O)(=O)N(Cc2ccco2)C2CC2)cc1. The molecule has 0 spiro atoms. The summed E-state index contributed by atoms with van der Waals surface area (Å²) in [5.41, 5.74) is 0.503. The number of carbonyl (C=O) groups is 1. The van der Waals surface area contributed by atoms with Crippen LogP contribution in [0.15, 0.2) is 52.0 Å². The number of sulfonamides is 1. The lowest BCUT2D eigenvalue weighted by Crippen LogP contribution is -2.32. The van der Waals surface area contributed by atoms with E-state index in [1.54, 1.807) is 24.3 Å². The highest BCUT2D eigenvalue weighted by molar-refractivity contribution is 7.89. The van der Waals surface area contributed by atoms with Gasteiger partial charge in [-0.15, -0.1) is 0 Å². The second kappa shape index (κ2) is 5.70. The molecule has 0 N–H and O–H groups in total. The number of benzene rings is 1. The van der Waals surface area contributed by atoms with Gasteiger partial charge in [0.25, 0.3) is 0 Å². The minimum Gasteiger partial charge on any atom is -0.468 e. The van der Waals surface area contributed by atoms with Gasteiger partial charge in [0.2, 0.25) is 10.0 Å². The molecule has 6 heteroatoms. The summed E-state index contributed by atoms with van der Waals surface area (Å²) in [5, 5.41) is 0. The maximum absolute atomic E-state index is 12.8. The van der Waals surface area contributed by atoms with Crippen molar-refractivity contribution in [2.75, 3.05) is 0 Å². The Labute approximate surface area is 129 Å². The number of carbonyl (C=O) groups excluding carboxylic acids is 1. The zero-order valence-corrected chi connectivity index (χ0v) is 13.0. The molecule has 5 nitrogen and oxygen atoms in total. The summed E-state index contributed by atoms with van der Waals surface area (Å²) in [6, 6.07) is 9.62. The predicted octanol–water partition coefficient (Wildman–Crippen LogP) is 2.84. The van der Waals surface area contributed by atoms with Gasteiger partial charge >= 0.3 is 0 Å². The van der Waals surface area contributed by atoms with E-state index in [-0.39, 0.29) is 23.3 Å². The Morgan fingerprint density at radius 1 is 1.23 bits per heavy atom. The molecular formula is C16H17NO4S. The average molecular weight is 319 g/mol. The summed E-state index contributed by atoms with van der Waals surface area (Å²) in [5.74, 6) is 0.536. The van der Waals surface area contributed by atoms with E-state index in [0.717, 1.165) is 12.8 Å². The van der Waals surface area contributed by atoms with E-state index in [1.807, 2.05) is 0 Å². The van der Waals surface area contributed by atoms with Crippen LogP contribution in [0.3, 0.4) is 0 Å². The number of nitrogens with zero attached hydrogens (tertiary/aromatic N) is 1. The zero-order valence-electron chi connectivity index (χ0n) is 12.2. The van der Waals surface area contributed by atoms with Crippen LogP contribution in [0.2, 0.25) is 0 Å². The van der Waals surface area contributed by atoms with Gasteiger partial charge in [-0.25, -0.2) is 8.42 Å². The van der Waals surface area contributed by atoms with Crippen molar-refractivity contribution in [3.8, 4) is 0 Å². The first-order valence-electron chi connectivity index (χ1n) is 7.14. The highest BCUT2D eigenvalue weighted by Gasteiger charge is 2.38. The van der Waals surface area contributed by atoms with Crippen molar-refractivity contribution < 1.29 is 17.6 Å². The highest BCUT2D eigenvalue weighted by atomic mass is 32.2. The van der Waals surface area contributed by atoms with E-state index < -0.39 is 10.0 Å². The molecular weight excluding hydrogens is 302 g/mol. The Hall–Kier alpha value is -1.92. The molecule has 1 heterocycles. The molecule has 1 saturated carbocycles. The molecule has 0 unspecified atom stereocenters. The van der Waals surface area contributed by atoms with Crippen molar-refractivity contribution in [2.45, 2.75) is 37.2 Å². The Morgan fingerprint density at radius 2 is 1.91 bits per heavy atom. The standard InChI is InChI=1S/C16H17NO4S/c1-12(18)13-4-8-16(9-5-13)22(19,20)17(14-6-7-14)11-15-3-2-10-21-15/h2-5,8-10,14H,6-7,11H2,1H3. The van der Waals surface area contributed by atoms with Crippen LogP contribution in [-0.4, -0.2) is 24.5 Å². The number of furan rings is 1. The summed E-state index contributed by atoms with van der Waals surface area (Å²) < 4.78 is 32.4. The Kier molecular flexibility index (Phi) is 3.88. The van der Waals surface area contributed by atoms with Gasteiger partial charge in [0, 0.05) is 11.6 Å². The summed E-state index contributed by atoms with van der Waals surface area (Å²) in [6.07, 6.45) is 3.27. The van der Waals surface area contributed by atoms with E-state index >= 15 is 0 Å². The van der Waals surface area contributed by atoms with Crippen LogP contribution >= 0.6 is 0 Å². The van der Waals surface area contributed by atoms with Gasteiger partial charge in [-0.3, -0.25) is 4.79 Å². The number of hydrogen-bond donors (Lipinski definition) is 0. The van der Waals surface area contributed by atoms with Gasteiger partial charge < -0.3 is 4.42 Å². The summed E-state index contributed by atoms with van der Waals surface area (Å²) >= 11 is 0. The monoisotopic (exact) mass is 319 g/mol. The first-order valence-corrected chi connectivity index (χ1v) is 8.58. The fraction of sp³-hybridized carbons (Fsp3) is 0.312. The zero-order chi connectivity index (χ0) is 15.7. The first-order chi connectivity index (χ1) is 10.5. The Balaban J connectivity index is 1.90. The minimum atomic E-state index is -3.59. The van der Waals surface area contributed by atoms with Crippen molar-refractivity contribution >= 4 is 15.8 Å². The lowest BCUT2D eigenvalue weighted by Gasteiger charge is -2.21. The van der Waals surface area contributed by atoms with Crippen molar-refractivity contribution in [3.05, 3.63) is 54.0 Å². The van der Waals surface area contributed by atoms with Crippen LogP contribution in [0, 0.1) is 0 Å². The maximum Gasteiger partial charge on any atom is 0.243 e. The van der Waals surface area contributed by atoms with Gasteiger partial charge in [0.1, 0.15) is 5.76 Å². The van der Waals surface area contributed by atoms with Crippen LogP contribution in [0.5, 0.6) is 0 Å². The normalized spacial score (nSPS) is 15.2. The topological polar surface area (TPSA) is 67.6 Å². The van der Waals surface area contributed by atoms with Gasteiger partial charge in [-0.1, -0.05) is 12.1 Å². The number of hydrogen-bond acceptors (Lipinski definition) is 4. The molecule has 1 aliphatic carbocycles. The first kappa shape index (κ1) is 15.0. The maximum atomic E-state index is 12.8. The molecule has 2 aromatic rings. The van der Waals surface area contributed by atoms with Crippen LogP contribution in [0.1, 0.15) is 35.9 Å². The Morgan fingerprint density at radius 3 is 2.41 bits per heavy atom. The third-order valence-electron chi connectivity index (χ3n) is 3.71. The van der Waals surface area contributed by atoms with Crippen molar-refractivity contribution in [1.29, 1.82) is 0 Å².